The lowest BCUT2D eigenvalue weighted by molar-refractivity contribution is 0.403. The maximum atomic E-state index is 9.45. The number of hydrogen-bond acceptors (Lipinski definition) is 6. The van der Waals surface area contributed by atoms with Crippen LogP contribution in [0.15, 0.2) is 48.5 Å². The van der Waals surface area contributed by atoms with Crippen LogP contribution in [-0.2, 0) is 0 Å². The topological polar surface area (TPSA) is 90.1 Å². The Morgan fingerprint density at radius 3 is 1.56 bits per heavy atom. The summed E-state index contributed by atoms with van der Waals surface area (Å²) in [5.41, 5.74) is 1.64. The van der Waals surface area contributed by atoms with Gasteiger partial charge in [-0.05, 0) is 31.6 Å². The standard InChI is InChI=1S/C21H24N4O2/c1-26-20-10-5-3-8-16(20)18(14-22)24-12-7-13-25-19(15-23)17-9-4-6-11-21(17)27-2/h3-6,8-11,18-19,24-25H,7,12-13H2,1-2H3/t18-,19-/m0/s1. The third-order valence-electron chi connectivity index (χ3n) is 4.21. The second-order valence-electron chi connectivity index (χ2n) is 5.87. The summed E-state index contributed by atoms with van der Waals surface area (Å²) in [5, 5.41) is 25.3. The highest BCUT2D eigenvalue weighted by molar-refractivity contribution is 5.39. The summed E-state index contributed by atoms with van der Waals surface area (Å²) in [6.07, 6.45) is 0.765. The molecule has 2 aromatic rings. The minimum absolute atomic E-state index is 0.442. The molecule has 2 aromatic carbocycles. The van der Waals surface area contributed by atoms with E-state index < -0.39 is 12.1 Å². The summed E-state index contributed by atoms with van der Waals surface area (Å²) in [7, 11) is 3.19. The molecule has 2 N–H and O–H groups in total. The molecule has 0 saturated heterocycles. The van der Waals surface area contributed by atoms with Crippen molar-refractivity contribution < 1.29 is 9.47 Å². The van der Waals surface area contributed by atoms with E-state index in [2.05, 4.69) is 22.8 Å². The molecule has 0 saturated carbocycles. The van der Waals surface area contributed by atoms with Gasteiger partial charge < -0.3 is 9.47 Å². The van der Waals surface area contributed by atoms with Gasteiger partial charge in [0, 0.05) is 11.1 Å². The molecule has 0 unspecified atom stereocenters. The second kappa shape index (κ2) is 10.8. The van der Waals surface area contributed by atoms with Gasteiger partial charge in [0.05, 0.1) is 26.4 Å². The number of hydrogen-bond donors (Lipinski definition) is 2. The van der Waals surface area contributed by atoms with Crippen molar-refractivity contribution in [1.29, 1.82) is 10.5 Å². The second-order valence-corrected chi connectivity index (χ2v) is 5.87. The molecule has 0 aliphatic heterocycles. The summed E-state index contributed by atoms with van der Waals surface area (Å²) in [4.78, 5) is 0. The number of nitrogens with zero attached hydrogens (tertiary/aromatic N) is 2. The molecule has 0 radical (unpaired) electrons. The largest absolute Gasteiger partial charge is 0.496 e. The van der Waals surface area contributed by atoms with Crippen LogP contribution in [0.3, 0.4) is 0 Å². The Hall–Kier alpha value is -3.06. The molecule has 0 aromatic heterocycles. The van der Waals surface area contributed by atoms with Crippen LogP contribution >= 0.6 is 0 Å². The molecule has 27 heavy (non-hydrogen) atoms. The highest BCUT2D eigenvalue weighted by atomic mass is 16.5. The minimum atomic E-state index is -0.442. The normalized spacial score (nSPS) is 12.4. The molecule has 0 aliphatic rings. The summed E-state index contributed by atoms with van der Waals surface area (Å²) < 4.78 is 10.6. The smallest absolute Gasteiger partial charge is 0.124 e. The SMILES string of the molecule is COc1ccccc1[C@H](C#N)NCCCN[C@@H](C#N)c1ccccc1OC. The van der Waals surface area contributed by atoms with Gasteiger partial charge in [-0.1, -0.05) is 36.4 Å². The highest BCUT2D eigenvalue weighted by Gasteiger charge is 2.16. The van der Waals surface area contributed by atoms with Gasteiger partial charge in [0.2, 0.25) is 0 Å². The minimum Gasteiger partial charge on any atom is -0.496 e. The fourth-order valence-electron chi connectivity index (χ4n) is 2.84. The first-order valence-corrected chi connectivity index (χ1v) is 8.77. The number of methoxy groups -OCH3 is 2. The average Bonchev–Trinajstić information content (AvgIpc) is 2.73. The van der Waals surface area contributed by atoms with Crippen molar-refractivity contribution >= 4 is 0 Å². The Kier molecular flexibility index (Phi) is 8.12. The lowest BCUT2D eigenvalue weighted by atomic mass is 10.1. The van der Waals surface area contributed by atoms with E-state index in [0.717, 1.165) is 17.5 Å². The van der Waals surface area contributed by atoms with Crippen molar-refractivity contribution in [2.75, 3.05) is 27.3 Å². The Morgan fingerprint density at radius 1 is 0.778 bits per heavy atom. The van der Waals surface area contributed by atoms with Crippen LogP contribution in [0.5, 0.6) is 11.5 Å². The summed E-state index contributed by atoms with van der Waals surface area (Å²) in [6, 6.07) is 18.6. The fourth-order valence-corrected chi connectivity index (χ4v) is 2.84. The van der Waals surface area contributed by atoms with Gasteiger partial charge in [-0.2, -0.15) is 10.5 Å². The molecule has 2 rings (SSSR count). The van der Waals surface area contributed by atoms with E-state index in [0.29, 0.717) is 24.6 Å². The Balaban J connectivity index is 1.85. The summed E-state index contributed by atoms with van der Waals surface area (Å²) in [6.45, 7) is 1.26. The zero-order chi connectivity index (χ0) is 19.5. The first-order valence-electron chi connectivity index (χ1n) is 8.77. The molecule has 0 spiro atoms. The molecular weight excluding hydrogens is 340 g/mol. The summed E-state index contributed by atoms with van der Waals surface area (Å²) >= 11 is 0. The molecule has 140 valence electrons. The molecule has 0 fully saturated rings. The number of nitriles is 2. The number of rotatable bonds is 10. The molecule has 6 heteroatoms. The summed E-state index contributed by atoms with van der Waals surface area (Å²) in [5.74, 6) is 1.38. The van der Waals surface area contributed by atoms with Crippen LogP contribution in [0.25, 0.3) is 0 Å². The molecule has 6 nitrogen and oxygen atoms in total. The predicted octanol–water partition coefficient (Wildman–Crippen LogP) is 3.10. The van der Waals surface area contributed by atoms with Crippen molar-refractivity contribution in [3.8, 4) is 23.6 Å². The van der Waals surface area contributed by atoms with Gasteiger partial charge in [-0.25, -0.2) is 0 Å². The van der Waals surface area contributed by atoms with Gasteiger partial charge in [-0.15, -0.1) is 0 Å². The maximum Gasteiger partial charge on any atom is 0.124 e. The van der Waals surface area contributed by atoms with Crippen LogP contribution in [0.1, 0.15) is 29.6 Å². The van der Waals surface area contributed by atoms with Gasteiger partial charge in [0.15, 0.2) is 0 Å². The zero-order valence-electron chi connectivity index (χ0n) is 15.6. The Bertz CT molecular complexity index is 743. The van der Waals surface area contributed by atoms with Crippen molar-refractivity contribution in [1.82, 2.24) is 10.6 Å². The first-order chi connectivity index (χ1) is 13.2. The molecule has 0 heterocycles. The van der Waals surface area contributed by atoms with E-state index in [1.165, 1.54) is 0 Å². The zero-order valence-corrected chi connectivity index (χ0v) is 15.6. The van der Waals surface area contributed by atoms with E-state index in [4.69, 9.17) is 9.47 Å². The molecule has 0 aliphatic carbocycles. The van der Waals surface area contributed by atoms with Crippen LogP contribution in [0, 0.1) is 22.7 Å². The van der Waals surface area contributed by atoms with E-state index >= 15 is 0 Å². The van der Waals surface area contributed by atoms with Crippen LogP contribution < -0.4 is 20.1 Å². The van der Waals surface area contributed by atoms with Crippen LogP contribution in [0.4, 0.5) is 0 Å². The van der Waals surface area contributed by atoms with Crippen molar-refractivity contribution in [3.63, 3.8) is 0 Å². The van der Waals surface area contributed by atoms with Gasteiger partial charge in [0.25, 0.3) is 0 Å². The van der Waals surface area contributed by atoms with Crippen molar-refractivity contribution in [3.05, 3.63) is 59.7 Å². The van der Waals surface area contributed by atoms with Gasteiger partial charge >= 0.3 is 0 Å². The lowest BCUT2D eigenvalue weighted by Gasteiger charge is -2.17. The van der Waals surface area contributed by atoms with Crippen molar-refractivity contribution in [2.24, 2.45) is 0 Å². The molecule has 0 bridgehead atoms. The monoisotopic (exact) mass is 364 g/mol. The molecular formula is C21H24N4O2. The third-order valence-corrected chi connectivity index (χ3v) is 4.21. The van der Waals surface area contributed by atoms with E-state index in [-0.39, 0.29) is 0 Å². The Morgan fingerprint density at radius 2 is 1.19 bits per heavy atom. The van der Waals surface area contributed by atoms with E-state index in [1.54, 1.807) is 14.2 Å². The lowest BCUT2D eigenvalue weighted by Crippen LogP contribution is -2.27. The number of ether oxygens (including phenoxy) is 2. The number of para-hydroxylation sites is 2. The quantitative estimate of drug-likeness (QED) is 0.630. The fraction of sp³-hybridized carbons (Fsp3) is 0.333. The number of benzene rings is 2. The first kappa shape index (κ1) is 20.3. The van der Waals surface area contributed by atoms with Gasteiger partial charge in [-0.3, -0.25) is 10.6 Å². The molecule has 0 amide bonds. The maximum absolute atomic E-state index is 9.45. The third kappa shape index (κ3) is 5.46. The van der Waals surface area contributed by atoms with Crippen LogP contribution in [-0.4, -0.2) is 27.3 Å². The predicted molar refractivity (Wildman–Crippen MR) is 103 cm³/mol. The van der Waals surface area contributed by atoms with Gasteiger partial charge in [0.1, 0.15) is 23.6 Å². The van der Waals surface area contributed by atoms with E-state index in [9.17, 15) is 10.5 Å². The Labute approximate surface area is 160 Å². The van der Waals surface area contributed by atoms with Crippen molar-refractivity contribution in [2.45, 2.75) is 18.5 Å². The highest BCUT2D eigenvalue weighted by Crippen LogP contribution is 2.25. The van der Waals surface area contributed by atoms with E-state index in [1.807, 2.05) is 48.5 Å². The number of nitrogens with one attached hydrogen (secondary N) is 2. The average molecular weight is 364 g/mol. The molecule has 2 atom stereocenters. The van der Waals surface area contributed by atoms with Crippen LogP contribution in [0.2, 0.25) is 0 Å².